The third kappa shape index (κ3) is 7.58. The topological polar surface area (TPSA) is 110 Å². The summed E-state index contributed by atoms with van der Waals surface area (Å²) in [6.45, 7) is 15.8. The molecule has 0 N–H and O–H groups in total. The first-order valence-electron chi connectivity index (χ1n) is 12.5. The SMILES string of the molecule is CC(C)Oc1ccc(-c2nc(Br)ns2)cc1C#N.CC(C)Oc1ccc(B2OC(C)(C)C(C)(C)O2)cc1C#N. The second-order valence-electron chi connectivity index (χ2n) is 10.5. The summed E-state index contributed by atoms with van der Waals surface area (Å²) in [7, 11) is -0.463. The molecule has 0 radical (unpaired) electrons. The van der Waals surface area contributed by atoms with Crippen molar-refractivity contribution in [1.82, 2.24) is 9.36 Å². The molecule has 1 aliphatic heterocycles. The molecule has 2 aromatic carbocycles. The van der Waals surface area contributed by atoms with Crippen LogP contribution >= 0.6 is 27.5 Å². The van der Waals surface area contributed by atoms with Crippen molar-refractivity contribution in [2.45, 2.75) is 78.8 Å². The summed E-state index contributed by atoms with van der Waals surface area (Å²) < 4.78 is 27.8. The van der Waals surface area contributed by atoms with E-state index in [0.717, 1.165) is 16.0 Å². The Hall–Kier alpha value is -2.96. The zero-order valence-corrected chi connectivity index (χ0v) is 25.8. The molecule has 39 heavy (non-hydrogen) atoms. The molecule has 0 bridgehead atoms. The molecule has 0 spiro atoms. The lowest BCUT2D eigenvalue weighted by atomic mass is 9.78. The highest BCUT2D eigenvalue weighted by Gasteiger charge is 2.51. The van der Waals surface area contributed by atoms with Gasteiger partial charge in [-0.3, -0.25) is 0 Å². The normalized spacial score (nSPS) is 15.4. The molecule has 0 atom stereocenters. The molecule has 204 valence electrons. The van der Waals surface area contributed by atoms with E-state index in [4.69, 9.17) is 24.0 Å². The number of benzene rings is 2. The molecule has 3 aromatic rings. The molecule has 0 saturated carbocycles. The Morgan fingerprint density at radius 2 is 1.38 bits per heavy atom. The molecule has 0 aliphatic carbocycles. The first-order valence-corrected chi connectivity index (χ1v) is 14.1. The number of nitrogens with zero attached hydrogens (tertiary/aromatic N) is 4. The maximum atomic E-state index is 9.29. The van der Waals surface area contributed by atoms with Gasteiger partial charge < -0.3 is 18.8 Å². The predicted octanol–water partition coefficient (Wildman–Crippen LogP) is 6.27. The monoisotopic (exact) mass is 610 g/mol. The Kier molecular flexibility index (Phi) is 9.79. The lowest BCUT2D eigenvalue weighted by molar-refractivity contribution is 0.00578. The first kappa shape index (κ1) is 30.6. The fourth-order valence-electron chi connectivity index (χ4n) is 3.55. The van der Waals surface area contributed by atoms with Gasteiger partial charge in [-0.25, -0.2) is 4.98 Å². The van der Waals surface area contributed by atoms with E-state index in [2.05, 4.69) is 37.4 Å². The smallest absolute Gasteiger partial charge is 0.490 e. The minimum absolute atomic E-state index is 0.0276. The fourth-order valence-corrected chi connectivity index (χ4v) is 4.62. The van der Waals surface area contributed by atoms with E-state index in [0.29, 0.717) is 27.4 Å². The zero-order chi connectivity index (χ0) is 29.0. The summed E-state index contributed by atoms with van der Waals surface area (Å²) in [6.07, 6.45) is 0.0680. The van der Waals surface area contributed by atoms with Gasteiger partial charge >= 0.3 is 7.12 Å². The van der Waals surface area contributed by atoms with Gasteiger partial charge in [0.15, 0.2) is 0 Å². The summed E-state index contributed by atoms with van der Waals surface area (Å²) in [5, 5.41) is 19.2. The van der Waals surface area contributed by atoms with Crippen molar-refractivity contribution >= 4 is 40.0 Å². The largest absolute Gasteiger partial charge is 0.494 e. The van der Waals surface area contributed by atoms with Crippen molar-refractivity contribution in [3.63, 3.8) is 0 Å². The zero-order valence-electron chi connectivity index (χ0n) is 23.4. The van der Waals surface area contributed by atoms with Gasteiger partial charge in [0, 0.05) is 5.56 Å². The minimum Gasteiger partial charge on any atom is -0.490 e. The highest BCUT2D eigenvalue weighted by atomic mass is 79.9. The average molecular weight is 611 g/mol. The molecule has 11 heteroatoms. The van der Waals surface area contributed by atoms with Crippen LogP contribution in [-0.4, -0.2) is 39.9 Å². The second kappa shape index (κ2) is 12.5. The van der Waals surface area contributed by atoms with E-state index in [1.165, 1.54) is 11.5 Å². The van der Waals surface area contributed by atoms with Crippen molar-refractivity contribution in [2.24, 2.45) is 0 Å². The van der Waals surface area contributed by atoms with Crippen LogP contribution in [0.1, 0.15) is 66.5 Å². The first-order chi connectivity index (χ1) is 18.3. The third-order valence-electron chi connectivity index (χ3n) is 6.12. The molecule has 8 nitrogen and oxygen atoms in total. The standard InChI is InChI=1S/C16H22BNO3.C12H10BrN3OS/c1-11(2)19-14-8-7-13(9-12(14)10-18)17-20-15(3,4)16(5,6)21-17;1-7(2)17-10-4-3-8(5-9(10)6-14)11-15-12(13)16-18-11/h7-9,11H,1-6H3;3-5,7H,1-2H3. The van der Waals surface area contributed by atoms with E-state index >= 15 is 0 Å². The number of rotatable bonds is 6. The van der Waals surface area contributed by atoms with Crippen LogP contribution in [-0.2, 0) is 9.31 Å². The summed E-state index contributed by atoms with van der Waals surface area (Å²) >= 11 is 4.49. The van der Waals surface area contributed by atoms with Gasteiger partial charge in [-0.15, -0.1) is 0 Å². The molecule has 0 amide bonds. The Morgan fingerprint density at radius 1 is 0.872 bits per heavy atom. The predicted molar refractivity (Wildman–Crippen MR) is 156 cm³/mol. The molecule has 1 fully saturated rings. The van der Waals surface area contributed by atoms with E-state index in [1.54, 1.807) is 24.3 Å². The van der Waals surface area contributed by atoms with Crippen molar-refractivity contribution < 1.29 is 18.8 Å². The number of hydrogen-bond donors (Lipinski definition) is 0. The fraction of sp³-hybridized carbons (Fsp3) is 0.429. The van der Waals surface area contributed by atoms with Crippen LogP contribution in [0, 0.1) is 22.7 Å². The Labute approximate surface area is 243 Å². The number of nitriles is 2. The van der Waals surface area contributed by atoms with Gasteiger partial charge in [-0.05, 0) is 119 Å². The maximum absolute atomic E-state index is 9.29. The molecule has 2 heterocycles. The molecule has 4 rings (SSSR count). The highest BCUT2D eigenvalue weighted by Crippen LogP contribution is 2.36. The number of aromatic nitrogens is 2. The number of hydrogen-bond acceptors (Lipinski definition) is 9. The van der Waals surface area contributed by atoms with Gasteiger partial charge in [-0.2, -0.15) is 14.9 Å². The molecule has 1 aromatic heterocycles. The summed E-state index contributed by atoms with van der Waals surface area (Å²) in [5.74, 6) is 1.19. The highest BCUT2D eigenvalue weighted by molar-refractivity contribution is 9.10. The van der Waals surface area contributed by atoms with Crippen LogP contribution in [0.25, 0.3) is 10.6 Å². The van der Waals surface area contributed by atoms with Crippen LogP contribution in [0.5, 0.6) is 11.5 Å². The van der Waals surface area contributed by atoms with Crippen molar-refractivity contribution in [3.8, 4) is 34.2 Å². The second-order valence-corrected chi connectivity index (χ2v) is 11.9. The molecule has 0 unspecified atom stereocenters. The average Bonchev–Trinajstić information content (AvgIpc) is 3.38. The molecule has 1 aliphatic rings. The lowest BCUT2D eigenvalue weighted by Crippen LogP contribution is -2.41. The lowest BCUT2D eigenvalue weighted by Gasteiger charge is -2.32. The van der Waals surface area contributed by atoms with Gasteiger partial charge in [0.1, 0.15) is 28.6 Å². The Morgan fingerprint density at radius 3 is 1.85 bits per heavy atom. The summed E-state index contributed by atoms with van der Waals surface area (Å²) in [6, 6.07) is 15.2. The van der Waals surface area contributed by atoms with Crippen LogP contribution in [0.4, 0.5) is 0 Å². The Balaban J connectivity index is 0.000000218. The van der Waals surface area contributed by atoms with Crippen LogP contribution < -0.4 is 14.9 Å². The van der Waals surface area contributed by atoms with Crippen molar-refractivity contribution in [1.29, 1.82) is 10.5 Å². The quantitative estimate of drug-likeness (QED) is 0.300. The van der Waals surface area contributed by atoms with Crippen LogP contribution in [0.15, 0.2) is 41.1 Å². The third-order valence-corrected chi connectivity index (χ3v) is 7.48. The molecular formula is C28H32BBrN4O4S. The summed E-state index contributed by atoms with van der Waals surface area (Å²) in [5.41, 5.74) is 1.92. The van der Waals surface area contributed by atoms with Crippen LogP contribution in [0.3, 0.4) is 0 Å². The van der Waals surface area contributed by atoms with E-state index < -0.39 is 18.3 Å². The van der Waals surface area contributed by atoms with Crippen molar-refractivity contribution in [2.75, 3.05) is 0 Å². The van der Waals surface area contributed by atoms with E-state index in [9.17, 15) is 5.26 Å². The van der Waals surface area contributed by atoms with Gasteiger partial charge in [0.25, 0.3) is 0 Å². The van der Waals surface area contributed by atoms with Gasteiger partial charge in [0.2, 0.25) is 4.73 Å². The van der Waals surface area contributed by atoms with Gasteiger partial charge in [-0.1, -0.05) is 6.07 Å². The molecular weight excluding hydrogens is 579 g/mol. The number of ether oxygens (including phenoxy) is 2. The Bertz CT molecular complexity index is 1380. The minimum atomic E-state index is -0.463. The van der Waals surface area contributed by atoms with Gasteiger partial charge in [0.05, 0.1) is 34.5 Å². The number of halogens is 1. The van der Waals surface area contributed by atoms with E-state index in [-0.39, 0.29) is 12.2 Å². The van der Waals surface area contributed by atoms with E-state index in [1.807, 2.05) is 67.5 Å². The van der Waals surface area contributed by atoms with Crippen molar-refractivity contribution in [3.05, 3.63) is 52.3 Å². The maximum Gasteiger partial charge on any atom is 0.494 e. The molecule has 1 saturated heterocycles. The summed E-state index contributed by atoms with van der Waals surface area (Å²) in [4.78, 5) is 4.22. The van der Waals surface area contributed by atoms with Crippen LogP contribution in [0.2, 0.25) is 0 Å².